The van der Waals surface area contributed by atoms with Crippen molar-refractivity contribution >= 4 is 23.6 Å². The highest BCUT2D eigenvalue weighted by atomic mass is 35.5. The molecule has 1 heterocycles. The smallest absolute Gasteiger partial charge is 0.406 e. The fourth-order valence-electron chi connectivity index (χ4n) is 3.60. The van der Waals surface area contributed by atoms with Gasteiger partial charge in [-0.3, -0.25) is 4.79 Å². The Morgan fingerprint density at radius 1 is 1.08 bits per heavy atom. The number of ether oxygens (including phenoxy) is 3. The summed E-state index contributed by atoms with van der Waals surface area (Å²) in [6, 6.07) is 14.6. The Labute approximate surface area is 219 Å². The van der Waals surface area contributed by atoms with Crippen LogP contribution in [-0.2, 0) is 14.2 Å². The van der Waals surface area contributed by atoms with Gasteiger partial charge < -0.3 is 30.2 Å². The van der Waals surface area contributed by atoms with Gasteiger partial charge in [0.25, 0.3) is 5.91 Å². The molecule has 2 aromatic carbocycles. The number of amides is 2. The van der Waals surface area contributed by atoms with Gasteiger partial charge in [-0.1, -0.05) is 42.8 Å². The van der Waals surface area contributed by atoms with Crippen molar-refractivity contribution in [2.75, 3.05) is 53.6 Å². The van der Waals surface area contributed by atoms with Crippen LogP contribution in [0.5, 0.6) is 0 Å². The van der Waals surface area contributed by atoms with Crippen molar-refractivity contribution in [2.24, 2.45) is 5.92 Å². The molecule has 2 aromatic rings. The Hall–Kier alpha value is -2.65. The van der Waals surface area contributed by atoms with E-state index in [1.165, 1.54) is 20.0 Å². The lowest BCUT2D eigenvalue weighted by Crippen LogP contribution is -2.30. The predicted molar refractivity (Wildman–Crippen MR) is 142 cm³/mol. The minimum atomic E-state index is -0.520. The summed E-state index contributed by atoms with van der Waals surface area (Å²) in [5, 5.41) is 9.01. The van der Waals surface area contributed by atoms with E-state index in [-0.39, 0.29) is 19.1 Å². The van der Waals surface area contributed by atoms with Crippen LogP contribution in [0.3, 0.4) is 0 Å². The van der Waals surface area contributed by atoms with Crippen molar-refractivity contribution in [3.63, 3.8) is 0 Å². The van der Waals surface area contributed by atoms with Crippen molar-refractivity contribution in [2.45, 2.75) is 25.9 Å². The summed E-state index contributed by atoms with van der Waals surface area (Å²) >= 11 is 6.15. The third-order valence-electron chi connectivity index (χ3n) is 5.49. The third-order valence-corrected chi connectivity index (χ3v) is 5.73. The Bertz CT molecular complexity index is 937. The summed E-state index contributed by atoms with van der Waals surface area (Å²) in [7, 11) is 3.13. The first kappa shape index (κ1) is 29.6. The molecular formula is C27H38ClN3O5. The van der Waals surface area contributed by atoms with E-state index in [1.807, 2.05) is 37.4 Å². The standard InChI is InChI=1S/C21H26ClN3O4.C6H12O/c1-23-9-10-24-20(26)17-7-3-5-15(13-17)19(16-6-4-8-18(22)14-16)29-12-11-25-21(27)28-2;1-6-3-2-4-7-5-6/h3-8,13-14,19,23H,9-12H2,1-2H3,(H,24,26)(H,25,27);6H,2-5H2,1H3. The zero-order valence-electron chi connectivity index (χ0n) is 21.3. The number of methoxy groups -OCH3 is 1. The summed E-state index contributed by atoms with van der Waals surface area (Å²) < 4.78 is 15.8. The zero-order chi connectivity index (χ0) is 26.2. The highest BCUT2D eigenvalue weighted by molar-refractivity contribution is 6.30. The van der Waals surface area contributed by atoms with E-state index in [9.17, 15) is 9.59 Å². The minimum absolute atomic E-state index is 0.153. The SMILES string of the molecule is CC1CCCOC1.CNCCNC(=O)c1cccc(C(OCCNC(=O)OC)c2cccc(Cl)c2)c1. The highest BCUT2D eigenvalue weighted by Crippen LogP contribution is 2.28. The van der Waals surface area contributed by atoms with E-state index in [2.05, 4.69) is 27.6 Å². The topological polar surface area (TPSA) is 97.9 Å². The van der Waals surface area contributed by atoms with Crippen LogP contribution in [0.1, 0.15) is 47.4 Å². The van der Waals surface area contributed by atoms with Gasteiger partial charge in [0.05, 0.1) is 13.7 Å². The number of rotatable bonds is 10. The molecular weight excluding hydrogens is 482 g/mol. The number of hydrogen-bond donors (Lipinski definition) is 3. The molecule has 0 aliphatic carbocycles. The van der Waals surface area contributed by atoms with Gasteiger partial charge in [0.2, 0.25) is 0 Å². The Balaban J connectivity index is 0.000000558. The second-order valence-corrected chi connectivity index (χ2v) is 8.97. The molecule has 0 saturated carbocycles. The molecule has 0 spiro atoms. The summed E-state index contributed by atoms with van der Waals surface area (Å²) in [6.45, 7) is 5.97. The van der Waals surface area contributed by atoms with Crippen LogP contribution in [0.4, 0.5) is 4.79 Å². The van der Waals surface area contributed by atoms with Crippen molar-refractivity contribution < 1.29 is 23.8 Å². The van der Waals surface area contributed by atoms with Crippen LogP contribution in [0.2, 0.25) is 5.02 Å². The molecule has 1 aliphatic heterocycles. The number of carbonyl (C=O) groups is 2. The van der Waals surface area contributed by atoms with Crippen LogP contribution in [0.25, 0.3) is 0 Å². The zero-order valence-corrected chi connectivity index (χ0v) is 22.1. The van der Waals surface area contributed by atoms with E-state index in [0.717, 1.165) is 30.3 Å². The number of carbonyl (C=O) groups excluding carboxylic acids is 2. The molecule has 2 amide bonds. The largest absolute Gasteiger partial charge is 0.453 e. The molecule has 0 aromatic heterocycles. The maximum absolute atomic E-state index is 12.4. The molecule has 198 valence electrons. The molecule has 1 fully saturated rings. The van der Waals surface area contributed by atoms with E-state index >= 15 is 0 Å². The third kappa shape index (κ3) is 11.0. The first-order valence-corrected chi connectivity index (χ1v) is 12.6. The number of nitrogens with one attached hydrogen (secondary N) is 3. The van der Waals surface area contributed by atoms with E-state index in [0.29, 0.717) is 23.7 Å². The van der Waals surface area contributed by atoms with Gasteiger partial charge in [-0.25, -0.2) is 4.79 Å². The molecule has 36 heavy (non-hydrogen) atoms. The van der Waals surface area contributed by atoms with Gasteiger partial charge in [-0.2, -0.15) is 0 Å². The van der Waals surface area contributed by atoms with Crippen LogP contribution in [0, 0.1) is 5.92 Å². The predicted octanol–water partition coefficient (Wildman–Crippen LogP) is 4.18. The summed E-state index contributed by atoms with van der Waals surface area (Å²) in [5.74, 6) is 0.660. The molecule has 1 aliphatic rings. The molecule has 0 radical (unpaired) electrons. The lowest BCUT2D eigenvalue weighted by molar-refractivity contribution is 0.0616. The van der Waals surface area contributed by atoms with Gasteiger partial charge in [0.15, 0.2) is 0 Å². The summed E-state index contributed by atoms with van der Waals surface area (Å²) in [6.07, 6.45) is 1.66. The maximum Gasteiger partial charge on any atom is 0.406 e. The van der Waals surface area contributed by atoms with Gasteiger partial charge in [-0.15, -0.1) is 0 Å². The second kappa shape index (κ2) is 16.9. The van der Waals surface area contributed by atoms with Gasteiger partial charge >= 0.3 is 6.09 Å². The molecule has 9 heteroatoms. The Kier molecular flexibility index (Phi) is 13.9. The Morgan fingerprint density at radius 2 is 1.83 bits per heavy atom. The molecule has 3 N–H and O–H groups in total. The number of halogens is 1. The average Bonchev–Trinajstić information content (AvgIpc) is 2.89. The van der Waals surface area contributed by atoms with Crippen LogP contribution >= 0.6 is 11.6 Å². The first-order chi connectivity index (χ1) is 17.4. The van der Waals surface area contributed by atoms with Crippen LogP contribution in [-0.4, -0.2) is 65.6 Å². The van der Waals surface area contributed by atoms with Crippen LogP contribution in [0.15, 0.2) is 48.5 Å². The van der Waals surface area contributed by atoms with Gasteiger partial charge in [0.1, 0.15) is 6.10 Å². The second-order valence-electron chi connectivity index (χ2n) is 8.53. The quantitative estimate of drug-likeness (QED) is 0.407. The first-order valence-electron chi connectivity index (χ1n) is 12.2. The molecule has 0 bridgehead atoms. The molecule has 2 atom stereocenters. The molecule has 1 saturated heterocycles. The van der Waals surface area contributed by atoms with Crippen molar-refractivity contribution in [1.82, 2.24) is 16.0 Å². The summed E-state index contributed by atoms with van der Waals surface area (Å²) in [5.41, 5.74) is 2.21. The normalized spacial score (nSPS) is 15.7. The Morgan fingerprint density at radius 3 is 2.44 bits per heavy atom. The van der Waals surface area contributed by atoms with E-state index < -0.39 is 12.2 Å². The molecule has 3 rings (SSSR count). The molecule has 8 nitrogen and oxygen atoms in total. The number of hydrogen-bond acceptors (Lipinski definition) is 6. The fraction of sp³-hybridized carbons (Fsp3) is 0.481. The monoisotopic (exact) mass is 519 g/mol. The van der Waals surface area contributed by atoms with E-state index in [4.69, 9.17) is 21.1 Å². The number of benzene rings is 2. The van der Waals surface area contributed by atoms with Gasteiger partial charge in [0, 0.05) is 43.4 Å². The van der Waals surface area contributed by atoms with Gasteiger partial charge in [-0.05, 0) is 61.2 Å². The number of likely N-dealkylation sites (N-methyl/N-ethyl adjacent to an activating group) is 1. The lowest BCUT2D eigenvalue weighted by Gasteiger charge is -2.20. The van der Waals surface area contributed by atoms with Crippen molar-refractivity contribution in [3.8, 4) is 0 Å². The van der Waals surface area contributed by atoms with Crippen LogP contribution < -0.4 is 16.0 Å². The fourth-order valence-corrected chi connectivity index (χ4v) is 3.80. The highest BCUT2D eigenvalue weighted by Gasteiger charge is 2.17. The van der Waals surface area contributed by atoms with Crippen molar-refractivity contribution in [1.29, 1.82) is 0 Å². The average molecular weight is 520 g/mol. The molecule has 2 unspecified atom stereocenters. The van der Waals surface area contributed by atoms with E-state index in [1.54, 1.807) is 18.2 Å². The lowest BCUT2D eigenvalue weighted by atomic mass is 9.99. The minimum Gasteiger partial charge on any atom is -0.453 e. The maximum atomic E-state index is 12.4. The van der Waals surface area contributed by atoms with Crippen molar-refractivity contribution in [3.05, 3.63) is 70.2 Å². The summed E-state index contributed by atoms with van der Waals surface area (Å²) in [4.78, 5) is 23.6. The number of alkyl carbamates (subject to hydrolysis) is 1.